The molecule has 0 radical (unpaired) electrons. The van der Waals surface area contributed by atoms with Gasteiger partial charge >= 0.3 is 6.03 Å². The number of nitrogens with one attached hydrogen (secondary N) is 2. The van der Waals surface area contributed by atoms with Gasteiger partial charge in [0.05, 0.1) is 13.7 Å². The summed E-state index contributed by atoms with van der Waals surface area (Å²) in [4.78, 5) is 39.1. The number of methoxy groups -OCH3 is 1. The molecule has 0 aliphatic carbocycles. The van der Waals surface area contributed by atoms with Crippen molar-refractivity contribution in [2.24, 2.45) is 0 Å². The van der Waals surface area contributed by atoms with Gasteiger partial charge in [0.2, 0.25) is 0 Å². The highest BCUT2D eigenvalue weighted by molar-refractivity contribution is 6.08. The highest BCUT2D eigenvalue weighted by Crippen LogP contribution is 2.29. The van der Waals surface area contributed by atoms with Crippen LogP contribution in [-0.4, -0.2) is 43.6 Å². The third-order valence-electron chi connectivity index (χ3n) is 4.74. The number of rotatable bonds is 6. The molecule has 2 aromatic rings. The minimum atomic E-state index is -1.32. The first-order chi connectivity index (χ1) is 13.7. The second-order valence-corrected chi connectivity index (χ2v) is 6.79. The first-order valence-corrected chi connectivity index (χ1v) is 8.82. The molecule has 152 valence electrons. The number of hydrogen-bond acceptors (Lipinski definition) is 5. The van der Waals surface area contributed by atoms with Gasteiger partial charge in [-0.05, 0) is 48.9 Å². The Bertz CT molecular complexity index is 933. The summed E-state index contributed by atoms with van der Waals surface area (Å²) in [5.74, 6) is -0.948. The van der Waals surface area contributed by atoms with Crippen LogP contribution in [0, 0.1) is 5.82 Å². The summed E-state index contributed by atoms with van der Waals surface area (Å²) in [6.07, 6.45) is 0. The number of carbonyl (C=O) groups is 3. The van der Waals surface area contributed by atoms with E-state index in [4.69, 9.17) is 4.74 Å². The van der Waals surface area contributed by atoms with Crippen LogP contribution in [0.25, 0.3) is 0 Å². The van der Waals surface area contributed by atoms with Gasteiger partial charge in [-0.15, -0.1) is 0 Å². The third-order valence-corrected chi connectivity index (χ3v) is 4.74. The predicted octanol–water partition coefficient (Wildman–Crippen LogP) is 1.77. The van der Waals surface area contributed by atoms with Gasteiger partial charge in [0.15, 0.2) is 0 Å². The lowest BCUT2D eigenvalue weighted by atomic mass is 9.92. The van der Waals surface area contributed by atoms with Crippen molar-refractivity contribution >= 4 is 23.5 Å². The van der Waals surface area contributed by atoms with E-state index in [9.17, 15) is 18.8 Å². The SMILES string of the molecule is COc1ccc(C2(C)NC(=O)N(NC(=O)CN(C)c3ccc(F)cc3)C2=O)cc1. The number of ether oxygens (including phenoxy) is 1. The molecule has 1 heterocycles. The number of nitrogens with zero attached hydrogens (tertiary/aromatic N) is 2. The van der Waals surface area contributed by atoms with Crippen molar-refractivity contribution < 1.29 is 23.5 Å². The lowest BCUT2D eigenvalue weighted by molar-refractivity contribution is -0.138. The van der Waals surface area contributed by atoms with E-state index in [2.05, 4.69) is 10.7 Å². The Hall–Kier alpha value is -3.62. The van der Waals surface area contributed by atoms with Crippen LogP contribution < -0.4 is 20.4 Å². The molecule has 2 N–H and O–H groups in total. The average molecular weight is 400 g/mol. The Labute approximate surface area is 167 Å². The molecule has 1 unspecified atom stereocenters. The van der Waals surface area contributed by atoms with E-state index < -0.39 is 23.4 Å². The average Bonchev–Trinajstić information content (AvgIpc) is 2.92. The molecule has 1 saturated heterocycles. The Morgan fingerprint density at radius 3 is 2.38 bits per heavy atom. The van der Waals surface area contributed by atoms with E-state index in [-0.39, 0.29) is 12.4 Å². The van der Waals surface area contributed by atoms with Gasteiger partial charge in [-0.3, -0.25) is 15.0 Å². The van der Waals surface area contributed by atoms with Crippen molar-refractivity contribution in [1.82, 2.24) is 15.8 Å². The molecule has 9 heteroatoms. The first-order valence-electron chi connectivity index (χ1n) is 8.82. The Balaban J connectivity index is 1.69. The molecule has 0 aromatic heterocycles. The van der Waals surface area contributed by atoms with Crippen LogP contribution in [0.4, 0.5) is 14.9 Å². The maximum absolute atomic E-state index is 13.0. The van der Waals surface area contributed by atoms with Crippen LogP contribution in [0.5, 0.6) is 5.75 Å². The summed E-state index contributed by atoms with van der Waals surface area (Å²) in [6, 6.07) is 11.6. The van der Waals surface area contributed by atoms with Gasteiger partial charge < -0.3 is 15.0 Å². The molecule has 4 amide bonds. The highest BCUT2D eigenvalue weighted by atomic mass is 19.1. The first kappa shape index (κ1) is 20.1. The molecule has 1 aliphatic rings. The van der Waals surface area contributed by atoms with Crippen molar-refractivity contribution in [2.75, 3.05) is 25.6 Å². The smallest absolute Gasteiger partial charge is 0.344 e. The van der Waals surface area contributed by atoms with Crippen molar-refractivity contribution in [3.8, 4) is 5.75 Å². The van der Waals surface area contributed by atoms with E-state index in [1.807, 2.05) is 0 Å². The van der Waals surface area contributed by atoms with Crippen LogP contribution in [0.1, 0.15) is 12.5 Å². The Morgan fingerprint density at radius 2 is 1.79 bits per heavy atom. The molecule has 1 atom stereocenters. The number of carbonyl (C=O) groups excluding carboxylic acids is 3. The van der Waals surface area contributed by atoms with Gasteiger partial charge in [-0.1, -0.05) is 12.1 Å². The van der Waals surface area contributed by atoms with Gasteiger partial charge in [0.25, 0.3) is 11.8 Å². The number of halogens is 1. The van der Waals surface area contributed by atoms with Crippen molar-refractivity contribution in [3.63, 3.8) is 0 Å². The Kier molecular flexibility index (Phi) is 5.40. The van der Waals surface area contributed by atoms with Crippen LogP contribution in [-0.2, 0) is 15.1 Å². The minimum absolute atomic E-state index is 0.137. The molecule has 8 nitrogen and oxygen atoms in total. The van der Waals surface area contributed by atoms with Crippen molar-refractivity contribution in [3.05, 3.63) is 59.9 Å². The highest BCUT2D eigenvalue weighted by Gasteiger charge is 2.50. The van der Waals surface area contributed by atoms with Gasteiger partial charge in [-0.2, -0.15) is 5.01 Å². The lowest BCUT2D eigenvalue weighted by Crippen LogP contribution is -2.50. The molecule has 3 rings (SSSR count). The van der Waals surface area contributed by atoms with Crippen LogP contribution in [0.2, 0.25) is 0 Å². The molecule has 2 aromatic carbocycles. The number of benzene rings is 2. The maximum Gasteiger partial charge on any atom is 0.344 e. The number of amides is 4. The number of hydrazine groups is 1. The Morgan fingerprint density at radius 1 is 1.17 bits per heavy atom. The molecule has 1 aliphatic heterocycles. The van der Waals surface area contributed by atoms with Gasteiger partial charge in [0, 0.05) is 12.7 Å². The molecule has 29 heavy (non-hydrogen) atoms. The van der Waals surface area contributed by atoms with E-state index >= 15 is 0 Å². The fourth-order valence-electron chi connectivity index (χ4n) is 3.02. The summed E-state index contributed by atoms with van der Waals surface area (Å²) >= 11 is 0. The van der Waals surface area contributed by atoms with Gasteiger partial charge in [-0.25, -0.2) is 9.18 Å². The third kappa shape index (κ3) is 3.98. The molecular formula is C20H21FN4O4. The summed E-state index contributed by atoms with van der Waals surface area (Å²) in [6.45, 7) is 1.42. The summed E-state index contributed by atoms with van der Waals surface area (Å²) in [7, 11) is 3.17. The summed E-state index contributed by atoms with van der Waals surface area (Å²) in [5, 5.41) is 3.28. The maximum atomic E-state index is 13.0. The molecule has 1 fully saturated rings. The normalized spacial score (nSPS) is 18.4. The predicted molar refractivity (Wildman–Crippen MR) is 104 cm³/mol. The second kappa shape index (κ2) is 7.78. The van der Waals surface area contributed by atoms with E-state index in [1.54, 1.807) is 43.1 Å². The summed E-state index contributed by atoms with van der Waals surface area (Å²) in [5.41, 5.74) is 2.18. The monoisotopic (exact) mass is 400 g/mol. The standard InChI is InChI=1S/C20H21FN4O4/c1-20(13-4-10-16(29-3)11-5-13)18(27)25(19(28)22-20)23-17(26)12-24(2)15-8-6-14(21)7-9-15/h4-11H,12H2,1-3H3,(H,22,28)(H,23,26). The second-order valence-electron chi connectivity index (χ2n) is 6.79. The molecule has 0 saturated carbocycles. The van der Waals surface area contributed by atoms with Crippen molar-refractivity contribution in [1.29, 1.82) is 0 Å². The zero-order valence-electron chi connectivity index (χ0n) is 16.2. The minimum Gasteiger partial charge on any atom is -0.497 e. The zero-order valence-corrected chi connectivity index (χ0v) is 16.2. The van der Waals surface area contributed by atoms with Crippen LogP contribution in [0.15, 0.2) is 48.5 Å². The van der Waals surface area contributed by atoms with E-state index in [0.717, 1.165) is 0 Å². The number of imide groups is 1. The number of urea groups is 1. The number of anilines is 1. The number of hydrogen-bond donors (Lipinski definition) is 2. The van der Waals surface area contributed by atoms with E-state index in [1.165, 1.54) is 31.4 Å². The topological polar surface area (TPSA) is 91.0 Å². The lowest BCUT2D eigenvalue weighted by Gasteiger charge is -2.23. The van der Waals surface area contributed by atoms with E-state index in [0.29, 0.717) is 22.0 Å². The zero-order chi connectivity index (χ0) is 21.2. The van der Waals surface area contributed by atoms with Crippen molar-refractivity contribution in [2.45, 2.75) is 12.5 Å². The fourth-order valence-corrected chi connectivity index (χ4v) is 3.02. The molecular weight excluding hydrogens is 379 g/mol. The van der Waals surface area contributed by atoms with Crippen LogP contribution >= 0.6 is 0 Å². The van der Waals surface area contributed by atoms with Gasteiger partial charge in [0.1, 0.15) is 17.1 Å². The number of likely N-dealkylation sites (N-methyl/N-ethyl adjacent to an activating group) is 1. The molecule has 0 spiro atoms. The summed E-state index contributed by atoms with van der Waals surface area (Å²) < 4.78 is 18.1. The fraction of sp³-hybridized carbons (Fsp3) is 0.250. The molecule has 0 bridgehead atoms. The largest absolute Gasteiger partial charge is 0.497 e. The van der Waals surface area contributed by atoms with Crippen LogP contribution in [0.3, 0.4) is 0 Å². The quantitative estimate of drug-likeness (QED) is 0.722.